The maximum atomic E-state index is 11.6. The summed E-state index contributed by atoms with van der Waals surface area (Å²) in [5.74, 6) is 0.732. The van der Waals surface area contributed by atoms with Crippen molar-refractivity contribution < 1.29 is 9.32 Å². The molecule has 0 fully saturated rings. The van der Waals surface area contributed by atoms with Crippen molar-refractivity contribution in [3.8, 4) is 0 Å². The minimum atomic E-state index is -0.207. The Labute approximate surface area is 97.0 Å². The van der Waals surface area contributed by atoms with Crippen LogP contribution in [0.25, 0.3) is 0 Å². The first-order chi connectivity index (χ1) is 8.25. The number of amides is 1. The van der Waals surface area contributed by atoms with Crippen LogP contribution in [-0.4, -0.2) is 27.6 Å². The van der Waals surface area contributed by atoms with Crippen LogP contribution in [0.2, 0.25) is 0 Å². The quantitative estimate of drug-likeness (QED) is 0.770. The lowest BCUT2D eigenvalue weighted by atomic mass is 10.2. The van der Waals surface area contributed by atoms with E-state index in [1.54, 1.807) is 12.1 Å². The number of nitrogens with two attached hydrogens (primary N) is 1. The summed E-state index contributed by atoms with van der Waals surface area (Å²) in [6, 6.07) is 3.19. The Morgan fingerprint density at radius 3 is 2.94 bits per heavy atom. The molecule has 2 heterocycles. The number of anilines is 1. The third kappa shape index (κ3) is 3.00. The van der Waals surface area contributed by atoms with Crippen LogP contribution in [0.5, 0.6) is 0 Å². The van der Waals surface area contributed by atoms with Gasteiger partial charge in [-0.25, -0.2) is 4.98 Å². The molecule has 1 amide bonds. The average molecular weight is 233 g/mol. The Bertz CT molecular complexity index is 480. The number of nitrogens with one attached hydrogen (secondary N) is 1. The Morgan fingerprint density at radius 1 is 1.41 bits per heavy atom. The molecule has 0 bridgehead atoms. The van der Waals surface area contributed by atoms with Crippen molar-refractivity contribution in [2.45, 2.75) is 6.42 Å². The van der Waals surface area contributed by atoms with Crippen LogP contribution < -0.4 is 11.1 Å². The predicted molar refractivity (Wildman–Crippen MR) is 59.0 cm³/mol. The van der Waals surface area contributed by atoms with Crippen LogP contribution in [0.1, 0.15) is 16.2 Å². The zero-order chi connectivity index (χ0) is 12.1. The van der Waals surface area contributed by atoms with Crippen molar-refractivity contribution in [2.75, 3.05) is 12.3 Å². The minimum Gasteiger partial charge on any atom is -0.384 e. The maximum absolute atomic E-state index is 11.6. The van der Waals surface area contributed by atoms with Gasteiger partial charge in [0, 0.05) is 19.2 Å². The van der Waals surface area contributed by atoms with Crippen LogP contribution in [0.15, 0.2) is 29.2 Å². The molecule has 7 nitrogen and oxygen atoms in total. The molecule has 0 atom stereocenters. The van der Waals surface area contributed by atoms with Crippen molar-refractivity contribution in [1.29, 1.82) is 0 Å². The molecule has 0 aliphatic heterocycles. The van der Waals surface area contributed by atoms with Crippen molar-refractivity contribution >= 4 is 11.7 Å². The lowest BCUT2D eigenvalue weighted by molar-refractivity contribution is 0.0953. The lowest BCUT2D eigenvalue weighted by Gasteiger charge is -2.03. The Balaban J connectivity index is 1.83. The molecule has 17 heavy (non-hydrogen) atoms. The topological polar surface area (TPSA) is 107 Å². The predicted octanol–water partition coefficient (Wildman–Crippen LogP) is 0.0193. The first-order valence-electron chi connectivity index (χ1n) is 5.00. The van der Waals surface area contributed by atoms with Crippen molar-refractivity contribution in [3.05, 3.63) is 36.1 Å². The summed E-state index contributed by atoms with van der Waals surface area (Å²) < 4.78 is 4.57. The van der Waals surface area contributed by atoms with E-state index < -0.39 is 0 Å². The van der Waals surface area contributed by atoms with Crippen LogP contribution in [0, 0.1) is 0 Å². The molecule has 2 rings (SSSR count). The summed E-state index contributed by atoms with van der Waals surface area (Å²) in [5, 5.41) is 6.35. The van der Waals surface area contributed by atoms with E-state index in [9.17, 15) is 4.79 Å². The Kier molecular flexibility index (Phi) is 3.29. The Hall–Kier alpha value is -2.44. The summed E-state index contributed by atoms with van der Waals surface area (Å²) in [6.07, 6.45) is 3.20. The normalized spacial score (nSPS) is 10.1. The fourth-order valence-corrected chi connectivity index (χ4v) is 1.23. The molecule has 0 saturated carbocycles. The standard InChI is InChI=1S/C10H11N5O2/c11-8-2-1-7(5-13-8)10(16)12-4-3-9-14-6-17-15-9/h1-2,5-6H,3-4H2,(H2,11,13)(H,12,16). The van der Waals surface area contributed by atoms with Gasteiger partial charge in [0.15, 0.2) is 5.82 Å². The van der Waals surface area contributed by atoms with E-state index in [2.05, 4.69) is 25.0 Å². The van der Waals surface area contributed by atoms with Gasteiger partial charge in [0.25, 0.3) is 5.91 Å². The van der Waals surface area contributed by atoms with Gasteiger partial charge < -0.3 is 15.6 Å². The molecule has 0 aromatic carbocycles. The van der Waals surface area contributed by atoms with Gasteiger partial charge in [-0.05, 0) is 12.1 Å². The number of carbonyl (C=O) groups is 1. The van der Waals surface area contributed by atoms with Crippen molar-refractivity contribution in [1.82, 2.24) is 20.4 Å². The molecule has 0 saturated heterocycles. The van der Waals surface area contributed by atoms with Crippen LogP contribution >= 0.6 is 0 Å². The van der Waals surface area contributed by atoms with E-state index in [0.717, 1.165) is 0 Å². The molecule has 7 heteroatoms. The van der Waals surface area contributed by atoms with Gasteiger partial charge in [-0.1, -0.05) is 5.16 Å². The van der Waals surface area contributed by atoms with Gasteiger partial charge in [0.2, 0.25) is 6.39 Å². The highest BCUT2D eigenvalue weighted by atomic mass is 16.5. The number of hydrogen-bond donors (Lipinski definition) is 2. The van der Waals surface area contributed by atoms with E-state index in [1.807, 2.05) is 0 Å². The molecule has 0 unspecified atom stereocenters. The molecular formula is C10H11N5O2. The molecule has 88 valence electrons. The number of aromatic nitrogens is 3. The fraction of sp³-hybridized carbons (Fsp3) is 0.200. The number of pyridine rings is 1. The van der Waals surface area contributed by atoms with Gasteiger partial charge >= 0.3 is 0 Å². The van der Waals surface area contributed by atoms with Gasteiger partial charge in [-0.2, -0.15) is 4.98 Å². The average Bonchev–Trinajstić information content (AvgIpc) is 2.83. The molecule has 0 spiro atoms. The second kappa shape index (κ2) is 5.06. The minimum absolute atomic E-state index is 0.207. The van der Waals surface area contributed by atoms with Crippen molar-refractivity contribution in [3.63, 3.8) is 0 Å². The largest absolute Gasteiger partial charge is 0.384 e. The maximum Gasteiger partial charge on any atom is 0.252 e. The second-order valence-electron chi connectivity index (χ2n) is 3.33. The summed E-state index contributed by atoms with van der Waals surface area (Å²) in [4.78, 5) is 19.3. The summed E-state index contributed by atoms with van der Waals surface area (Å²) in [6.45, 7) is 0.433. The van der Waals surface area contributed by atoms with E-state index >= 15 is 0 Å². The monoisotopic (exact) mass is 233 g/mol. The highest BCUT2D eigenvalue weighted by molar-refractivity contribution is 5.93. The number of nitrogen functional groups attached to an aromatic ring is 1. The zero-order valence-electron chi connectivity index (χ0n) is 8.96. The molecule has 0 radical (unpaired) electrons. The van der Waals surface area contributed by atoms with Crippen LogP contribution in [0.4, 0.5) is 5.82 Å². The van der Waals surface area contributed by atoms with E-state index in [4.69, 9.17) is 5.73 Å². The lowest BCUT2D eigenvalue weighted by Crippen LogP contribution is -2.26. The first-order valence-corrected chi connectivity index (χ1v) is 5.00. The van der Waals surface area contributed by atoms with Crippen LogP contribution in [0.3, 0.4) is 0 Å². The number of carbonyl (C=O) groups excluding carboxylic acids is 1. The summed E-state index contributed by atoms with van der Waals surface area (Å²) in [7, 11) is 0. The molecule has 3 N–H and O–H groups in total. The number of nitrogens with zero attached hydrogens (tertiary/aromatic N) is 3. The van der Waals surface area contributed by atoms with E-state index in [-0.39, 0.29) is 5.91 Å². The SMILES string of the molecule is Nc1ccc(C(=O)NCCc2ncon2)cn1. The molecule has 0 aliphatic carbocycles. The third-order valence-corrected chi connectivity index (χ3v) is 2.09. The van der Waals surface area contributed by atoms with Gasteiger partial charge in [-0.3, -0.25) is 4.79 Å². The smallest absolute Gasteiger partial charge is 0.252 e. The highest BCUT2D eigenvalue weighted by Crippen LogP contribution is 2.00. The highest BCUT2D eigenvalue weighted by Gasteiger charge is 2.05. The summed E-state index contributed by atoms with van der Waals surface area (Å²) in [5.41, 5.74) is 5.89. The fourth-order valence-electron chi connectivity index (χ4n) is 1.23. The molecule has 2 aromatic rings. The van der Waals surface area contributed by atoms with E-state index in [0.29, 0.717) is 30.2 Å². The third-order valence-electron chi connectivity index (χ3n) is 2.09. The number of rotatable bonds is 4. The Morgan fingerprint density at radius 2 is 2.29 bits per heavy atom. The van der Waals surface area contributed by atoms with Gasteiger partial charge in [0.1, 0.15) is 5.82 Å². The van der Waals surface area contributed by atoms with E-state index in [1.165, 1.54) is 12.6 Å². The van der Waals surface area contributed by atoms with Gasteiger partial charge in [0.05, 0.1) is 5.56 Å². The first kappa shape index (κ1) is 11.1. The van der Waals surface area contributed by atoms with Crippen molar-refractivity contribution in [2.24, 2.45) is 0 Å². The number of hydrogen-bond acceptors (Lipinski definition) is 6. The molecular weight excluding hydrogens is 222 g/mol. The van der Waals surface area contributed by atoms with Gasteiger partial charge in [-0.15, -0.1) is 0 Å². The van der Waals surface area contributed by atoms with Crippen LogP contribution in [-0.2, 0) is 6.42 Å². The summed E-state index contributed by atoms with van der Waals surface area (Å²) >= 11 is 0. The second-order valence-corrected chi connectivity index (χ2v) is 3.33. The zero-order valence-corrected chi connectivity index (χ0v) is 8.96. The molecule has 2 aromatic heterocycles. The molecule has 0 aliphatic rings.